The maximum Gasteiger partial charge on any atom is 0.451 e. The average molecular weight is 532 g/mol. The average Bonchev–Trinajstić information content (AvgIpc) is 3.41. The molecule has 17 heteroatoms. The molecule has 14 nitrogen and oxygen atoms in total. The molecule has 0 aliphatic carbocycles. The first-order valence-corrected chi connectivity index (χ1v) is 10.7. The van der Waals surface area contributed by atoms with Gasteiger partial charge in [-0.3, -0.25) is 23.7 Å². The highest BCUT2D eigenvalue weighted by atomic mass is 19.4. The number of amides is 1. The van der Waals surface area contributed by atoms with E-state index in [0.29, 0.717) is 5.69 Å². The number of alkyl halides is 3. The molecule has 0 unspecified atom stereocenters. The van der Waals surface area contributed by atoms with Crippen molar-refractivity contribution in [3.8, 4) is 11.3 Å². The summed E-state index contributed by atoms with van der Waals surface area (Å²) in [6.45, 7) is 1.25. The summed E-state index contributed by atoms with van der Waals surface area (Å²) in [6, 6.07) is 0.431. The van der Waals surface area contributed by atoms with E-state index in [1.165, 1.54) is 38.7 Å². The third-order valence-electron chi connectivity index (χ3n) is 5.25. The molecule has 0 radical (unpaired) electrons. The van der Waals surface area contributed by atoms with Gasteiger partial charge >= 0.3 is 11.9 Å². The molecule has 0 aliphatic heterocycles. The summed E-state index contributed by atoms with van der Waals surface area (Å²) in [5.74, 6) is -2.19. The highest BCUT2D eigenvalue weighted by Gasteiger charge is 2.34. The van der Waals surface area contributed by atoms with Gasteiger partial charge in [0.2, 0.25) is 11.7 Å². The molecule has 0 spiro atoms. The van der Waals surface area contributed by atoms with Gasteiger partial charge in [-0.25, -0.2) is 19.7 Å². The number of aromatic nitrogens is 7. The summed E-state index contributed by atoms with van der Waals surface area (Å²) in [7, 11) is 1.36. The molecule has 4 rings (SSSR count). The Kier molecular flexibility index (Phi) is 6.91. The van der Waals surface area contributed by atoms with Crippen molar-refractivity contribution < 1.29 is 22.5 Å². The monoisotopic (exact) mass is 532 g/mol. The summed E-state index contributed by atoms with van der Waals surface area (Å²) >= 11 is 0. The van der Waals surface area contributed by atoms with Crippen LogP contribution in [0.2, 0.25) is 0 Å². The van der Waals surface area contributed by atoms with Crippen LogP contribution in [-0.4, -0.2) is 46.2 Å². The lowest BCUT2D eigenvalue weighted by Gasteiger charge is -2.18. The molecule has 0 aliphatic rings. The quantitative estimate of drug-likeness (QED) is 0.306. The zero-order valence-electron chi connectivity index (χ0n) is 19.7. The van der Waals surface area contributed by atoms with Gasteiger partial charge < -0.3 is 20.9 Å². The van der Waals surface area contributed by atoms with Gasteiger partial charge in [0.25, 0.3) is 5.56 Å². The maximum absolute atomic E-state index is 13.0. The predicted octanol–water partition coefficient (Wildman–Crippen LogP) is 0.870. The Balaban J connectivity index is 1.52. The van der Waals surface area contributed by atoms with Crippen LogP contribution in [0.1, 0.15) is 18.4 Å². The number of anilines is 3. The van der Waals surface area contributed by atoms with Gasteiger partial charge in [0.05, 0.1) is 24.6 Å². The molecule has 0 saturated heterocycles. The van der Waals surface area contributed by atoms with Crippen molar-refractivity contribution in [1.29, 1.82) is 0 Å². The lowest BCUT2D eigenvalue weighted by molar-refractivity contribution is -0.145. The number of nitrogens with zero attached hydrogens (tertiary/aromatic N) is 7. The molecular formula is C21H19F3N10O4. The number of nitrogens with one attached hydrogen (secondary N) is 2. The number of halogens is 3. The van der Waals surface area contributed by atoms with Crippen LogP contribution in [0.25, 0.3) is 11.3 Å². The largest absolute Gasteiger partial charge is 0.451 e. The zero-order chi connectivity index (χ0) is 27.6. The molecule has 1 amide bonds. The normalized spacial score (nSPS) is 12.2. The van der Waals surface area contributed by atoms with Gasteiger partial charge in [-0.2, -0.15) is 13.2 Å². The van der Waals surface area contributed by atoms with Crippen LogP contribution in [0.3, 0.4) is 0 Å². The number of carbonyl (C=O) groups excluding carboxylic acids is 1. The number of rotatable bonds is 7. The summed E-state index contributed by atoms with van der Waals surface area (Å²) in [5, 5.41) is 8.88. The third kappa shape index (κ3) is 5.35. The number of carbonyl (C=O) groups is 1. The molecule has 0 saturated carbocycles. The fourth-order valence-electron chi connectivity index (χ4n) is 3.23. The van der Waals surface area contributed by atoms with Gasteiger partial charge in [-0.05, 0) is 6.92 Å². The van der Waals surface area contributed by atoms with E-state index >= 15 is 0 Å². The molecule has 198 valence electrons. The lowest BCUT2D eigenvalue weighted by Crippen LogP contribution is -2.43. The van der Waals surface area contributed by atoms with Crippen LogP contribution in [-0.2, 0) is 24.6 Å². The summed E-state index contributed by atoms with van der Waals surface area (Å²) in [6.07, 6.45) is 0.924. The minimum absolute atomic E-state index is 0.0297. The van der Waals surface area contributed by atoms with Crippen molar-refractivity contribution in [2.45, 2.75) is 25.7 Å². The van der Waals surface area contributed by atoms with E-state index < -0.39 is 35.2 Å². The smallest absolute Gasteiger partial charge is 0.383 e. The van der Waals surface area contributed by atoms with Crippen LogP contribution in [0.15, 0.2) is 51.2 Å². The summed E-state index contributed by atoms with van der Waals surface area (Å²) in [5.41, 5.74) is 4.86. The van der Waals surface area contributed by atoms with Crippen molar-refractivity contribution in [3.63, 3.8) is 0 Å². The molecule has 4 N–H and O–H groups in total. The molecular weight excluding hydrogens is 513 g/mol. The van der Waals surface area contributed by atoms with Crippen molar-refractivity contribution in [3.05, 3.63) is 69.5 Å². The van der Waals surface area contributed by atoms with Crippen LogP contribution in [0.5, 0.6) is 0 Å². The SMILES string of the molecule is C[C@H](Nc1c(N)n(C)c(=O)n(Cc2ccon2)c1=O)C(=O)Nc1cncc(-c2cnc(C(F)(F)F)nc2)n1. The maximum atomic E-state index is 13.0. The molecule has 38 heavy (non-hydrogen) atoms. The Morgan fingerprint density at radius 2 is 1.89 bits per heavy atom. The molecule has 4 aromatic rings. The fourth-order valence-corrected chi connectivity index (χ4v) is 3.23. The van der Waals surface area contributed by atoms with E-state index in [9.17, 15) is 27.6 Å². The van der Waals surface area contributed by atoms with Crippen LogP contribution in [0, 0.1) is 0 Å². The van der Waals surface area contributed by atoms with Crippen LogP contribution >= 0.6 is 0 Å². The van der Waals surface area contributed by atoms with Gasteiger partial charge in [0.1, 0.15) is 29.5 Å². The van der Waals surface area contributed by atoms with E-state index in [2.05, 4.69) is 35.7 Å². The number of hydrogen-bond acceptors (Lipinski definition) is 11. The second kappa shape index (κ2) is 10.1. The number of nitrogens with two attached hydrogens (primary N) is 1. The van der Waals surface area contributed by atoms with Crippen molar-refractivity contribution in [2.24, 2.45) is 7.05 Å². The first-order chi connectivity index (χ1) is 18.0. The van der Waals surface area contributed by atoms with Gasteiger partial charge in [0.15, 0.2) is 5.82 Å². The Morgan fingerprint density at radius 3 is 2.53 bits per heavy atom. The minimum Gasteiger partial charge on any atom is -0.383 e. The summed E-state index contributed by atoms with van der Waals surface area (Å²) in [4.78, 5) is 53.0. The van der Waals surface area contributed by atoms with Gasteiger partial charge in [-0.1, -0.05) is 5.16 Å². The first-order valence-electron chi connectivity index (χ1n) is 10.7. The van der Waals surface area contributed by atoms with E-state index in [4.69, 9.17) is 10.3 Å². The molecule has 4 heterocycles. The highest BCUT2D eigenvalue weighted by Crippen LogP contribution is 2.26. The minimum atomic E-state index is -4.70. The molecule has 0 aromatic carbocycles. The van der Waals surface area contributed by atoms with Gasteiger partial charge in [-0.15, -0.1) is 0 Å². The molecule has 4 aromatic heterocycles. The third-order valence-corrected chi connectivity index (χ3v) is 5.25. The van der Waals surface area contributed by atoms with E-state index in [0.717, 1.165) is 21.5 Å². The van der Waals surface area contributed by atoms with E-state index in [-0.39, 0.29) is 35.1 Å². The fraction of sp³-hybridized carbons (Fsp3) is 0.238. The predicted molar refractivity (Wildman–Crippen MR) is 126 cm³/mol. The van der Waals surface area contributed by atoms with Gasteiger partial charge in [0, 0.05) is 31.1 Å². The standard InChI is InChI=1S/C21H19F3N10O4/c1-10(29-15-16(25)33(2)20(37)34(18(15)36)9-12-3-4-38-32-12)17(35)31-14-8-26-7-13(30-14)11-5-27-19(28-6-11)21(22,23)24/h3-8,10,29H,9,25H2,1-2H3,(H,30,31,35)/t10-/m0/s1. The van der Waals surface area contributed by atoms with Crippen LogP contribution in [0.4, 0.5) is 30.5 Å². The zero-order valence-corrected chi connectivity index (χ0v) is 19.7. The first kappa shape index (κ1) is 26.0. The number of hydrogen-bond donors (Lipinski definition) is 3. The Bertz CT molecular complexity index is 1580. The molecule has 0 fully saturated rings. The Morgan fingerprint density at radius 1 is 1.18 bits per heavy atom. The van der Waals surface area contributed by atoms with E-state index in [1.54, 1.807) is 0 Å². The highest BCUT2D eigenvalue weighted by molar-refractivity contribution is 5.95. The van der Waals surface area contributed by atoms with Crippen molar-refractivity contribution >= 4 is 23.2 Å². The van der Waals surface area contributed by atoms with Crippen molar-refractivity contribution in [2.75, 3.05) is 16.4 Å². The second-order valence-corrected chi connectivity index (χ2v) is 7.92. The Hall–Kier alpha value is -5.09. The lowest BCUT2D eigenvalue weighted by atomic mass is 10.2. The second-order valence-electron chi connectivity index (χ2n) is 7.92. The van der Waals surface area contributed by atoms with E-state index in [1.807, 2.05) is 0 Å². The van der Waals surface area contributed by atoms with Crippen LogP contribution < -0.4 is 27.6 Å². The topological polar surface area (TPSA) is 189 Å². The van der Waals surface area contributed by atoms with Crippen molar-refractivity contribution in [1.82, 2.24) is 34.2 Å². The molecule has 1 atom stereocenters. The number of nitrogen functional groups attached to an aromatic ring is 1. The Labute approximate surface area is 210 Å². The summed E-state index contributed by atoms with van der Waals surface area (Å²) < 4.78 is 44.7. The molecule has 0 bridgehead atoms.